The van der Waals surface area contributed by atoms with Gasteiger partial charge in [-0.1, -0.05) is 97.1 Å². The number of phenols is 2. The van der Waals surface area contributed by atoms with Gasteiger partial charge in [-0.25, -0.2) is 0 Å². The molecule has 5 rings (SSSR count). The highest BCUT2D eigenvalue weighted by atomic mass is 31.2. The normalized spacial score (nSPS) is 12.4. The summed E-state index contributed by atoms with van der Waals surface area (Å²) < 4.78 is 21.0. The van der Waals surface area contributed by atoms with Gasteiger partial charge in [0.05, 0.1) is 12.8 Å². The molecule has 0 aliphatic heterocycles. The molecule has 2 N–H and O–H groups in total. The fourth-order valence-corrected chi connectivity index (χ4v) is 8.08. The maximum atomic E-state index is 15.6. The Morgan fingerprint density at radius 2 is 1.26 bits per heavy atom. The summed E-state index contributed by atoms with van der Waals surface area (Å²) in [4.78, 5) is 0. The summed E-state index contributed by atoms with van der Waals surface area (Å²) in [7, 11) is -1.97. The van der Waals surface area contributed by atoms with E-state index in [4.69, 9.17) is 4.74 Å². The van der Waals surface area contributed by atoms with Gasteiger partial charge in [-0.05, 0) is 34.5 Å². The Morgan fingerprint density at radius 3 is 1.89 bits per heavy atom. The highest BCUT2D eigenvalue weighted by Gasteiger charge is 2.41. The molecule has 5 aromatic rings. The van der Waals surface area contributed by atoms with Crippen LogP contribution in [0.15, 0.2) is 115 Å². The van der Waals surface area contributed by atoms with Crippen LogP contribution in [0.5, 0.6) is 17.2 Å². The van der Waals surface area contributed by atoms with Gasteiger partial charge in [0.1, 0.15) is 5.75 Å². The molecule has 0 amide bonds. The van der Waals surface area contributed by atoms with E-state index in [-0.39, 0.29) is 17.2 Å². The van der Waals surface area contributed by atoms with E-state index in [2.05, 4.69) is 0 Å². The molecule has 4 nitrogen and oxygen atoms in total. The number of hydrogen-bond acceptors (Lipinski definition) is 4. The molecule has 0 aromatic heterocycles. The third kappa shape index (κ3) is 3.96. The minimum absolute atomic E-state index is 0.00797. The Labute approximate surface area is 204 Å². The molecular weight excluding hydrogens is 455 g/mol. The van der Waals surface area contributed by atoms with Crippen LogP contribution in [-0.2, 0) is 4.57 Å². The van der Waals surface area contributed by atoms with Crippen LogP contribution in [0.4, 0.5) is 0 Å². The highest BCUT2D eigenvalue weighted by Crippen LogP contribution is 2.63. The van der Waals surface area contributed by atoms with E-state index in [1.165, 1.54) is 7.11 Å². The van der Waals surface area contributed by atoms with Crippen LogP contribution < -0.4 is 15.3 Å². The second kappa shape index (κ2) is 9.32. The van der Waals surface area contributed by atoms with Gasteiger partial charge in [0.25, 0.3) is 0 Å². The van der Waals surface area contributed by atoms with E-state index < -0.39 is 12.8 Å². The molecule has 0 heterocycles. The topological polar surface area (TPSA) is 66.8 Å². The Bertz CT molecular complexity index is 1490. The Balaban J connectivity index is 1.93. The van der Waals surface area contributed by atoms with Crippen LogP contribution in [0.1, 0.15) is 16.8 Å². The molecule has 1 atom stereocenters. The van der Waals surface area contributed by atoms with Crippen molar-refractivity contribution in [3.05, 3.63) is 126 Å². The summed E-state index contributed by atoms with van der Waals surface area (Å²) in [6, 6.07) is 35.1. The summed E-state index contributed by atoms with van der Waals surface area (Å²) in [6.07, 6.45) is 0. The van der Waals surface area contributed by atoms with Gasteiger partial charge in [0.2, 0.25) is 0 Å². The molecule has 0 radical (unpaired) electrons. The Morgan fingerprint density at radius 1 is 0.686 bits per heavy atom. The lowest BCUT2D eigenvalue weighted by molar-refractivity contribution is 0.373. The molecule has 0 saturated carbocycles. The van der Waals surface area contributed by atoms with Crippen LogP contribution in [0.3, 0.4) is 0 Å². The molecule has 0 aliphatic carbocycles. The molecule has 5 heteroatoms. The third-order valence-corrected chi connectivity index (χ3v) is 9.80. The average Bonchev–Trinajstić information content (AvgIpc) is 2.91. The lowest BCUT2D eigenvalue weighted by Crippen LogP contribution is -2.22. The zero-order chi connectivity index (χ0) is 24.4. The van der Waals surface area contributed by atoms with Crippen molar-refractivity contribution in [2.24, 2.45) is 0 Å². The van der Waals surface area contributed by atoms with Gasteiger partial charge in [-0.2, -0.15) is 0 Å². The summed E-state index contributed by atoms with van der Waals surface area (Å²) in [5.74, 6) is 0.333. The number of rotatable bonds is 6. The van der Waals surface area contributed by atoms with E-state index >= 15 is 4.57 Å². The van der Waals surface area contributed by atoms with Gasteiger partial charge >= 0.3 is 0 Å². The predicted molar refractivity (Wildman–Crippen MR) is 142 cm³/mol. The van der Waals surface area contributed by atoms with Crippen molar-refractivity contribution in [2.45, 2.75) is 5.66 Å². The van der Waals surface area contributed by atoms with Crippen LogP contribution >= 0.6 is 7.14 Å². The van der Waals surface area contributed by atoms with Crippen molar-refractivity contribution in [3.8, 4) is 17.2 Å². The third-order valence-electron chi connectivity index (χ3n) is 6.38. The first-order valence-electron chi connectivity index (χ1n) is 11.3. The highest BCUT2D eigenvalue weighted by molar-refractivity contribution is 7.79. The zero-order valence-corrected chi connectivity index (χ0v) is 20.1. The number of fused-ring (bicyclic) bond motifs is 1. The molecule has 0 aliphatic rings. The monoisotopic (exact) mass is 480 g/mol. The molecule has 174 valence electrons. The number of aromatic hydroxyl groups is 2. The molecule has 0 fully saturated rings. The fraction of sp³-hybridized carbons (Fsp3) is 0.0667. The SMILES string of the molecule is COc1cc(C(c2c(O)ccc3ccccc23)P(=O)(c2ccccc2)c2ccccc2)ccc1O. The molecule has 5 aromatic carbocycles. The largest absolute Gasteiger partial charge is 0.508 e. The fourth-order valence-electron chi connectivity index (χ4n) is 4.74. The van der Waals surface area contributed by atoms with Crippen molar-refractivity contribution in [3.63, 3.8) is 0 Å². The van der Waals surface area contributed by atoms with E-state index in [0.717, 1.165) is 10.8 Å². The maximum Gasteiger partial charge on any atom is 0.160 e. The summed E-state index contributed by atoms with van der Waals surface area (Å²) in [5, 5.41) is 24.7. The lowest BCUT2D eigenvalue weighted by Gasteiger charge is -2.31. The van der Waals surface area contributed by atoms with Gasteiger partial charge in [-0.3, -0.25) is 0 Å². The van der Waals surface area contributed by atoms with Crippen molar-refractivity contribution >= 4 is 28.5 Å². The number of phenolic OH excluding ortho intramolecular Hbond substituents is 2. The first-order valence-corrected chi connectivity index (χ1v) is 13.1. The molecule has 1 unspecified atom stereocenters. The molecule has 0 bridgehead atoms. The Kier molecular flexibility index (Phi) is 6.07. The smallest absolute Gasteiger partial charge is 0.160 e. The standard InChI is InChI=1S/C30H25O4P/c1-34-28-20-22(17-18-26(28)31)30(29-25-15-9-8-10-21(25)16-19-27(29)32)35(33,23-11-4-2-5-12-23)24-13-6-3-7-14-24/h2-20,30-32H,1H3. The van der Waals surface area contributed by atoms with Crippen molar-refractivity contribution in [2.75, 3.05) is 7.11 Å². The first kappa shape index (κ1) is 22.8. The van der Waals surface area contributed by atoms with Gasteiger partial charge in [-0.15, -0.1) is 0 Å². The lowest BCUT2D eigenvalue weighted by atomic mass is 9.96. The van der Waals surface area contributed by atoms with Crippen LogP contribution in [-0.4, -0.2) is 17.3 Å². The minimum Gasteiger partial charge on any atom is -0.508 e. The van der Waals surface area contributed by atoms with Crippen molar-refractivity contribution < 1.29 is 19.5 Å². The molecule has 0 spiro atoms. The number of benzene rings is 5. The first-order chi connectivity index (χ1) is 17.0. The molecule has 0 saturated heterocycles. The van der Waals surface area contributed by atoms with Crippen LogP contribution in [0, 0.1) is 0 Å². The summed E-state index contributed by atoms with van der Waals surface area (Å²) >= 11 is 0. The molecule has 35 heavy (non-hydrogen) atoms. The predicted octanol–water partition coefficient (Wildman–Crippen LogP) is 6.36. The van der Waals surface area contributed by atoms with E-state index in [9.17, 15) is 10.2 Å². The van der Waals surface area contributed by atoms with E-state index in [0.29, 0.717) is 21.7 Å². The average molecular weight is 481 g/mol. The van der Waals surface area contributed by atoms with Crippen LogP contribution in [0.25, 0.3) is 10.8 Å². The second-order valence-corrected chi connectivity index (χ2v) is 11.2. The maximum absolute atomic E-state index is 15.6. The van der Waals surface area contributed by atoms with Crippen LogP contribution in [0.2, 0.25) is 0 Å². The Hall–Kier alpha value is -4.01. The van der Waals surface area contributed by atoms with E-state index in [1.807, 2.05) is 91.0 Å². The van der Waals surface area contributed by atoms with Gasteiger partial charge in [0.15, 0.2) is 18.6 Å². The van der Waals surface area contributed by atoms with E-state index in [1.54, 1.807) is 24.3 Å². The van der Waals surface area contributed by atoms with Crippen molar-refractivity contribution in [1.82, 2.24) is 0 Å². The minimum atomic E-state index is -3.45. The number of methoxy groups -OCH3 is 1. The quantitative estimate of drug-likeness (QED) is 0.278. The van der Waals surface area contributed by atoms with Crippen molar-refractivity contribution in [1.29, 1.82) is 0 Å². The second-order valence-electron chi connectivity index (χ2n) is 8.38. The summed E-state index contributed by atoms with van der Waals surface area (Å²) in [5.41, 5.74) is 0.502. The zero-order valence-electron chi connectivity index (χ0n) is 19.2. The van der Waals surface area contributed by atoms with Gasteiger partial charge < -0.3 is 19.5 Å². The van der Waals surface area contributed by atoms with Gasteiger partial charge in [0, 0.05) is 16.2 Å². The summed E-state index contributed by atoms with van der Waals surface area (Å²) in [6.45, 7) is 0. The number of ether oxygens (including phenoxy) is 1. The number of hydrogen-bond donors (Lipinski definition) is 2. The molecular formula is C30H25O4P.